The number of hydrazone groups is 1. The smallest absolute Gasteiger partial charge is 0.229 e. The number of nitrogens with zero attached hydrogens (tertiary/aromatic N) is 3. The van der Waals surface area contributed by atoms with Crippen molar-refractivity contribution in [3.8, 4) is 0 Å². The van der Waals surface area contributed by atoms with Crippen LogP contribution in [0.25, 0.3) is 0 Å². The van der Waals surface area contributed by atoms with Crippen molar-refractivity contribution < 1.29 is 0 Å². The van der Waals surface area contributed by atoms with Crippen molar-refractivity contribution in [1.29, 1.82) is 0 Å². The second-order valence-corrected chi connectivity index (χ2v) is 4.77. The van der Waals surface area contributed by atoms with Crippen molar-refractivity contribution in [2.24, 2.45) is 15.9 Å². The molecule has 6 heteroatoms. The minimum absolute atomic E-state index is 0.0153. The molecule has 0 radical (unpaired) electrons. The lowest BCUT2D eigenvalue weighted by molar-refractivity contribution is 0.506. The van der Waals surface area contributed by atoms with Gasteiger partial charge in [-0.15, -0.1) is 0 Å². The van der Waals surface area contributed by atoms with Gasteiger partial charge in [-0.3, -0.25) is 5.01 Å². The van der Waals surface area contributed by atoms with Crippen molar-refractivity contribution in [1.82, 2.24) is 10.4 Å². The zero-order valence-corrected chi connectivity index (χ0v) is 11.3. The molecule has 90 valence electrons. The fourth-order valence-corrected chi connectivity index (χ4v) is 1.84. The molecule has 5 nitrogen and oxygen atoms in total. The maximum atomic E-state index is 5.60. The average molecular weight is 296 g/mol. The Balaban J connectivity index is 2.23. The summed E-state index contributed by atoms with van der Waals surface area (Å²) in [4.78, 5) is 4.43. The zero-order valence-electron chi connectivity index (χ0n) is 9.68. The Morgan fingerprint density at radius 2 is 2.00 bits per heavy atom. The Morgan fingerprint density at radius 3 is 2.53 bits per heavy atom. The second-order valence-electron chi connectivity index (χ2n) is 3.86. The second kappa shape index (κ2) is 4.85. The van der Waals surface area contributed by atoms with E-state index >= 15 is 0 Å². The number of hydrogen-bond donors (Lipinski definition) is 2. The number of guanidine groups is 1. The first kappa shape index (κ1) is 12.1. The Hall–Kier alpha value is -1.40. The summed E-state index contributed by atoms with van der Waals surface area (Å²) < 4.78 is 1.05. The van der Waals surface area contributed by atoms with Crippen LogP contribution in [-0.2, 0) is 0 Å². The minimum Gasteiger partial charge on any atom is -0.283 e. The van der Waals surface area contributed by atoms with E-state index in [2.05, 4.69) is 31.4 Å². The highest BCUT2D eigenvalue weighted by Gasteiger charge is 2.18. The third-order valence-corrected chi connectivity index (χ3v) is 2.99. The summed E-state index contributed by atoms with van der Waals surface area (Å²) in [7, 11) is 1.72. The lowest BCUT2D eigenvalue weighted by Gasteiger charge is -2.22. The summed E-state index contributed by atoms with van der Waals surface area (Å²) in [5.74, 6) is 6.17. The molecule has 1 aromatic rings. The van der Waals surface area contributed by atoms with Gasteiger partial charge in [0.25, 0.3) is 0 Å². The van der Waals surface area contributed by atoms with E-state index in [-0.39, 0.29) is 6.04 Å². The number of hydrogen-bond acceptors (Lipinski definition) is 5. The van der Waals surface area contributed by atoms with Crippen LogP contribution >= 0.6 is 15.9 Å². The van der Waals surface area contributed by atoms with Gasteiger partial charge in [-0.2, -0.15) is 5.10 Å². The van der Waals surface area contributed by atoms with E-state index in [1.165, 1.54) is 5.01 Å². The summed E-state index contributed by atoms with van der Waals surface area (Å²) in [6.07, 6.45) is 0. The van der Waals surface area contributed by atoms with Crippen LogP contribution in [0.15, 0.2) is 38.8 Å². The number of halogens is 1. The number of rotatable bonds is 1. The van der Waals surface area contributed by atoms with Gasteiger partial charge in [-0.25, -0.2) is 16.3 Å². The molecule has 0 saturated carbocycles. The summed E-state index contributed by atoms with van der Waals surface area (Å²) in [5, 5.41) is 5.73. The number of hydrazine groups is 1. The van der Waals surface area contributed by atoms with Gasteiger partial charge < -0.3 is 0 Å². The van der Waals surface area contributed by atoms with Crippen LogP contribution in [0.1, 0.15) is 12.5 Å². The number of nitrogens with two attached hydrogens (primary N) is 1. The highest BCUT2D eigenvalue weighted by atomic mass is 79.9. The molecular formula is C11H14BrN5. The lowest BCUT2D eigenvalue weighted by Crippen LogP contribution is -2.45. The van der Waals surface area contributed by atoms with E-state index in [0.717, 1.165) is 15.7 Å². The van der Waals surface area contributed by atoms with Gasteiger partial charge in [0.1, 0.15) is 0 Å². The minimum atomic E-state index is -0.0153. The first-order valence-corrected chi connectivity index (χ1v) is 6.03. The van der Waals surface area contributed by atoms with Crippen molar-refractivity contribution in [3.05, 3.63) is 34.3 Å². The number of aliphatic imine (C=N–C) groups is 1. The van der Waals surface area contributed by atoms with Crippen LogP contribution in [0.4, 0.5) is 0 Å². The quantitative estimate of drug-likeness (QED) is 0.606. The van der Waals surface area contributed by atoms with Crippen LogP contribution in [-0.4, -0.2) is 29.8 Å². The molecule has 1 heterocycles. The van der Waals surface area contributed by atoms with Crippen molar-refractivity contribution in [3.63, 3.8) is 0 Å². The van der Waals surface area contributed by atoms with Crippen LogP contribution < -0.4 is 11.3 Å². The summed E-state index contributed by atoms with van der Waals surface area (Å²) in [6.45, 7) is 1.99. The summed E-state index contributed by atoms with van der Waals surface area (Å²) >= 11 is 3.41. The Kier molecular flexibility index (Phi) is 3.44. The van der Waals surface area contributed by atoms with E-state index < -0.39 is 0 Å². The molecule has 1 aliphatic rings. The molecule has 0 fully saturated rings. The molecule has 0 aliphatic carbocycles. The van der Waals surface area contributed by atoms with Gasteiger partial charge in [0.15, 0.2) is 0 Å². The lowest BCUT2D eigenvalue weighted by atomic mass is 10.0. The maximum absolute atomic E-state index is 5.60. The van der Waals surface area contributed by atoms with E-state index in [1.807, 2.05) is 31.2 Å². The Bertz CT molecular complexity index is 463. The molecule has 0 amide bonds. The molecule has 1 aliphatic heterocycles. The predicted molar refractivity (Wildman–Crippen MR) is 72.7 cm³/mol. The van der Waals surface area contributed by atoms with E-state index in [4.69, 9.17) is 5.84 Å². The maximum Gasteiger partial charge on any atom is 0.229 e. The Labute approximate surface area is 108 Å². The van der Waals surface area contributed by atoms with E-state index in [1.54, 1.807) is 7.05 Å². The van der Waals surface area contributed by atoms with Crippen LogP contribution in [0.5, 0.6) is 0 Å². The highest BCUT2D eigenvalue weighted by Crippen LogP contribution is 2.14. The van der Waals surface area contributed by atoms with Gasteiger partial charge in [-0.1, -0.05) is 28.1 Å². The molecule has 0 aromatic heterocycles. The molecular weight excluding hydrogens is 282 g/mol. The number of nitrogens with one attached hydrogen (secondary N) is 1. The average Bonchev–Trinajstić information content (AvgIpc) is 2.30. The predicted octanol–water partition coefficient (Wildman–Crippen LogP) is 1.31. The zero-order chi connectivity index (χ0) is 12.4. The first-order valence-electron chi connectivity index (χ1n) is 5.23. The largest absolute Gasteiger partial charge is 0.283 e. The third kappa shape index (κ3) is 2.65. The van der Waals surface area contributed by atoms with Gasteiger partial charge in [0.2, 0.25) is 5.96 Å². The topological polar surface area (TPSA) is 66.0 Å². The van der Waals surface area contributed by atoms with Crippen LogP contribution in [0, 0.1) is 0 Å². The molecule has 0 saturated heterocycles. The SMILES string of the molecule is CC1N=C(N(C)N)NN=C1c1ccc(Br)cc1. The summed E-state index contributed by atoms with van der Waals surface area (Å²) in [5.41, 5.74) is 4.80. The standard InChI is InChI=1S/C11H14BrN5/c1-7-10(8-3-5-9(12)6-4-8)15-16-11(14-7)17(2)13/h3-7H,13H2,1-2H3,(H,14,16). The molecule has 1 aromatic carbocycles. The van der Waals surface area contributed by atoms with Gasteiger partial charge in [0, 0.05) is 17.1 Å². The van der Waals surface area contributed by atoms with Crippen molar-refractivity contribution in [2.45, 2.75) is 13.0 Å². The molecule has 2 rings (SSSR count). The fraction of sp³-hybridized carbons (Fsp3) is 0.273. The van der Waals surface area contributed by atoms with E-state index in [0.29, 0.717) is 5.96 Å². The van der Waals surface area contributed by atoms with Gasteiger partial charge >= 0.3 is 0 Å². The molecule has 0 bridgehead atoms. The van der Waals surface area contributed by atoms with Gasteiger partial charge in [0.05, 0.1) is 11.8 Å². The summed E-state index contributed by atoms with van der Waals surface area (Å²) in [6, 6.07) is 7.97. The molecule has 0 spiro atoms. The van der Waals surface area contributed by atoms with Crippen molar-refractivity contribution in [2.75, 3.05) is 7.05 Å². The van der Waals surface area contributed by atoms with Crippen LogP contribution in [0.2, 0.25) is 0 Å². The normalized spacial score (nSPS) is 19.2. The van der Waals surface area contributed by atoms with Gasteiger partial charge in [-0.05, 0) is 19.1 Å². The fourth-order valence-electron chi connectivity index (χ4n) is 1.57. The molecule has 1 atom stereocenters. The molecule has 3 N–H and O–H groups in total. The first-order chi connectivity index (χ1) is 8.08. The van der Waals surface area contributed by atoms with E-state index in [9.17, 15) is 0 Å². The third-order valence-electron chi connectivity index (χ3n) is 2.46. The molecule has 17 heavy (non-hydrogen) atoms. The number of benzene rings is 1. The monoisotopic (exact) mass is 295 g/mol. The Morgan fingerprint density at radius 1 is 1.35 bits per heavy atom. The molecule has 1 unspecified atom stereocenters. The van der Waals surface area contributed by atoms with Crippen LogP contribution in [0.3, 0.4) is 0 Å². The van der Waals surface area contributed by atoms with Crippen molar-refractivity contribution >= 4 is 27.6 Å². The highest BCUT2D eigenvalue weighted by molar-refractivity contribution is 9.10.